The Kier molecular flexibility index (Phi) is 25.7. The van der Waals surface area contributed by atoms with Gasteiger partial charge in [-0.3, -0.25) is 0 Å². The highest BCUT2D eigenvalue weighted by atomic mass is 16.6. The fourth-order valence-electron chi connectivity index (χ4n) is 5.72. The molecule has 0 aliphatic rings. The number of hydrogen-bond donors (Lipinski definition) is 4. The molecule has 0 amide bonds. The second-order valence-electron chi connectivity index (χ2n) is 13.1. The lowest BCUT2D eigenvalue weighted by atomic mass is 9.92. The minimum atomic E-state index is -1.12. The number of aliphatic hydroxyl groups is 4. The number of aliphatic hydroxyl groups excluding tert-OH is 4. The van der Waals surface area contributed by atoms with E-state index in [-0.39, 0.29) is 66.1 Å². The maximum absolute atomic E-state index is 11.4. The van der Waals surface area contributed by atoms with Crippen molar-refractivity contribution in [2.75, 3.05) is 118 Å². The summed E-state index contributed by atoms with van der Waals surface area (Å²) in [5.74, 6) is -1.34. The first-order valence-corrected chi connectivity index (χ1v) is 18.1. The van der Waals surface area contributed by atoms with Gasteiger partial charge in [0.15, 0.2) is 0 Å². The smallest absolute Gasteiger partial charge is 0.330 e. The summed E-state index contributed by atoms with van der Waals surface area (Å²) in [4.78, 5) is 22.9. The van der Waals surface area contributed by atoms with E-state index in [0.29, 0.717) is 19.5 Å². The third-order valence-electron chi connectivity index (χ3n) is 9.55. The standard InChI is InChI=1S/C36H70N2O12/c1-9-34(43)49-24-32(41)22-47-28-36(29-48-23-33(42)25-50-35(44)10-2,27-46-21-31(40)20-38(14-6,15-7)16-8)26-45-18-17-30(39)19-37(11-3,12-4)13-5/h9-10,30-33,39-42H,1-2,11-29H2,3-8H3/q+2. The molecular weight excluding hydrogens is 652 g/mol. The van der Waals surface area contributed by atoms with Gasteiger partial charge in [-0.2, -0.15) is 0 Å². The van der Waals surface area contributed by atoms with Crippen LogP contribution in [0.4, 0.5) is 0 Å². The van der Waals surface area contributed by atoms with Gasteiger partial charge in [-0.15, -0.1) is 0 Å². The van der Waals surface area contributed by atoms with Crippen LogP contribution in [0.5, 0.6) is 0 Å². The average molecular weight is 723 g/mol. The molecule has 4 atom stereocenters. The summed E-state index contributed by atoms with van der Waals surface area (Å²) in [7, 11) is 0. The Morgan fingerprint density at radius 2 is 0.900 bits per heavy atom. The molecule has 14 heteroatoms. The number of esters is 2. The number of carbonyl (C=O) groups is 2. The largest absolute Gasteiger partial charge is 0.460 e. The SMILES string of the molecule is C=CC(=O)OCC(O)COCC(COCCC(O)C[N+](CC)(CC)CC)(COCC(O)COC(=O)C=C)COCC(O)C[N+](CC)(CC)CC. The Labute approximate surface area is 300 Å². The maximum atomic E-state index is 11.4. The van der Waals surface area contributed by atoms with Crippen LogP contribution in [-0.2, 0) is 38.0 Å². The fraction of sp³-hybridized carbons (Fsp3) is 0.833. The molecule has 0 fully saturated rings. The second-order valence-corrected chi connectivity index (χ2v) is 13.1. The van der Waals surface area contributed by atoms with E-state index < -0.39 is 41.8 Å². The van der Waals surface area contributed by atoms with E-state index in [1.807, 2.05) is 0 Å². The Balaban J connectivity index is 5.87. The van der Waals surface area contributed by atoms with Crippen LogP contribution in [0.1, 0.15) is 48.0 Å². The highest BCUT2D eigenvalue weighted by Gasteiger charge is 2.35. The zero-order valence-electron chi connectivity index (χ0n) is 31.8. The molecule has 0 aliphatic carbocycles. The topological polar surface area (TPSA) is 170 Å². The first-order chi connectivity index (χ1) is 23.8. The zero-order chi connectivity index (χ0) is 38.1. The van der Waals surface area contributed by atoms with E-state index in [0.717, 1.165) is 60.4 Å². The van der Waals surface area contributed by atoms with Gasteiger partial charge in [-0.1, -0.05) is 13.2 Å². The van der Waals surface area contributed by atoms with Crippen molar-refractivity contribution in [1.82, 2.24) is 0 Å². The van der Waals surface area contributed by atoms with Crippen LogP contribution in [-0.4, -0.2) is 184 Å². The molecule has 0 saturated heterocycles. The number of nitrogens with zero attached hydrogens (tertiary/aromatic N) is 2. The Morgan fingerprint density at radius 1 is 0.560 bits per heavy atom. The van der Waals surface area contributed by atoms with Crippen molar-refractivity contribution >= 4 is 11.9 Å². The predicted octanol–water partition coefficient (Wildman–Crippen LogP) is 1.08. The molecule has 0 aromatic rings. The monoisotopic (exact) mass is 722 g/mol. The molecule has 0 aromatic heterocycles. The molecule has 0 heterocycles. The Morgan fingerprint density at radius 3 is 1.26 bits per heavy atom. The van der Waals surface area contributed by atoms with Gasteiger partial charge in [0.1, 0.15) is 50.7 Å². The van der Waals surface area contributed by atoms with E-state index in [4.69, 9.17) is 28.4 Å². The highest BCUT2D eigenvalue weighted by molar-refractivity contribution is 5.81. The van der Waals surface area contributed by atoms with Crippen LogP contribution in [0.2, 0.25) is 0 Å². The lowest BCUT2D eigenvalue weighted by molar-refractivity contribution is -0.926. The van der Waals surface area contributed by atoms with Crippen LogP contribution in [0, 0.1) is 5.41 Å². The van der Waals surface area contributed by atoms with Gasteiger partial charge in [0.2, 0.25) is 0 Å². The van der Waals surface area contributed by atoms with Gasteiger partial charge >= 0.3 is 11.9 Å². The third kappa shape index (κ3) is 19.6. The van der Waals surface area contributed by atoms with E-state index in [1.165, 1.54) is 0 Å². The van der Waals surface area contributed by atoms with E-state index in [9.17, 15) is 30.0 Å². The predicted molar refractivity (Wildman–Crippen MR) is 190 cm³/mol. The third-order valence-corrected chi connectivity index (χ3v) is 9.55. The first-order valence-electron chi connectivity index (χ1n) is 18.1. The second kappa shape index (κ2) is 26.7. The molecule has 0 bridgehead atoms. The lowest BCUT2D eigenvalue weighted by Crippen LogP contribution is -2.53. The molecular formula is C36H70N2O12+2. The summed E-state index contributed by atoms with van der Waals surface area (Å²) >= 11 is 0. The Bertz CT molecular complexity index is 876. The first kappa shape index (κ1) is 48.0. The molecule has 0 aromatic carbocycles. The molecule has 4 unspecified atom stereocenters. The van der Waals surface area contributed by atoms with E-state index in [1.54, 1.807) is 0 Å². The van der Waals surface area contributed by atoms with Gasteiger partial charge in [0.25, 0.3) is 0 Å². The van der Waals surface area contributed by atoms with Crippen molar-refractivity contribution in [3.8, 4) is 0 Å². The van der Waals surface area contributed by atoms with E-state index in [2.05, 4.69) is 54.7 Å². The zero-order valence-corrected chi connectivity index (χ0v) is 31.8. The molecule has 294 valence electrons. The Hall–Kier alpha value is -1.98. The highest BCUT2D eigenvalue weighted by Crippen LogP contribution is 2.22. The van der Waals surface area contributed by atoms with Crippen LogP contribution in [0.25, 0.3) is 0 Å². The number of ether oxygens (including phenoxy) is 6. The summed E-state index contributed by atoms with van der Waals surface area (Å²) in [5.41, 5.74) is -0.984. The van der Waals surface area contributed by atoms with Gasteiger partial charge in [-0.25, -0.2) is 9.59 Å². The molecule has 4 N–H and O–H groups in total. The number of likely N-dealkylation sites (N-methyl/N-ethyl adjacent to an activating group) is 2. The molecule has 50 heavy (non-hydrogen) atoms. The molecule has 14 nitrogen and oxygen atoms in total. The normalized spacial score (nSPS) is 15.8. The minimum Gasteiger partial charge on any atom is -0.460 e. The summed E-state index contributed by atoms with van der Waals surface area (Å²) in [5, 5.41) is 42.5. The van der Waals surface area contributed by atoms with Gasteiger partial charge in [-0.05, 0) is 41.5 Å². The van der Waals surface area contributed by atoms with Crippen LogP contribution in [0.15, 0.2) is 25.3 Å². The molecule has 0 radical (unpaired) electrons. The summed E-state index contributed by atoms with van der Waals surface area (Å²) in [6.45, 7) is 25.2. The summed E-state index contributed by atoms with van der Waals surface area (Å²) in [6, 6.07) is 0. The van der Waals surface area contributed by atoms with Crippen molar-refractivity contribution < 1.29 is 67.4 Å². The van der Waals surface area contributed by atoms with Gasteiger partial charge < -0.3 is 57.8 Å². The number of quaternary nitrogens is 2. The van der Waals surface area contributed by atoms with Crippen LogP contribution in [0.3, 0.4) is 0 Å². The van der Waals surface area contributed by atoms with Gasteiger partial charge in [0, 0.05) is 25.2 Å². The molecule has 0 aliphatic heterocycles. The number of carbonyl (C=O) groups excluding carboxylic acids is 2. The van der Waals surface area contributed by atoms with Crippen LogP contribution < -0.4 is 0 Å². The summed E-state index contributed by atoms with van der Waals surface area (Å²) in [6.07, 6.45) is -1.13. The molecule has 0 rings (SSSR count). The van der Waals surface area contributed by atoms with Crippen LogP contribution >= 0.6 is 0 Å². The molecule has 0 saturated carbocycles. The number of hydrogen-bond acceptors (Lipinski definition) is 12. The van der Waals surface area contributed by atoms with Gasteiger partial charge in [0.05, 0.1) is 90.9 Å². The lowest BCUT2D eigenvalue weighted by Gasteiger charge is -2.38. The maximum Gasteiger partial charge on any atom is 0.330 e. The fourth-order valence-corrected chi connectivity index (χ4v) is 5.72. The van der Waals surface area contributed by atoms with Crippen molar-refractivity contribution in [1.29, 1.82) is 0 Å². The summed E-state index contributed by atoms with van der Waals surface area (Å²) < 4.78 is 35.3. The number of rotatable bonds is 33. The minimum absolute atomic E-state index is 0.0277. The van der Waals surface area contributed by atoms with Crippen molar-refractivity contribution in [2.24, 2.45) is 5.41 Å². The van der Waals surface area contributed by atoms with Crippen molar-refractivity contribution in [3.05, 3.63) is 25.3 Å². The quantitative estimate of drug-likeness (QED) is 0.0330. The van der Waals surface area contributed by atoms with Crippen molar-refractivity contribution in [2.45, 2.75) is 72.4 Å². The average Bonchev–Trinajstić information content (AvgIpc) is 3.12. The van der Waals surface area contributed by atoms with Crippen molar-refractivity contribution in [3.63, 3.8) is 0 Å². The molecule has 0 spiro atoms. The van der Waals surface area contributed by atoms with E-state index >= 15 is 0 Å².